The number of carbonyl (C=O) groups is 1. The van der Waals surface area contributed by atoms with Crippen LogP contribution in [0.4, 0.5) is 4.79 Å². The third kappa shape index (κ3) is 3.52. The number of likely N-dealkylation sites (N-methyl/N-ethyl adjacent to an activating group) is 1. The largest absolute Gasteiger partial charge is 0.328 e. The van der Waals surface area contributed by atoms with Gasteiger partial charge in [0.05, 0.1) is 5.54 Å². The summed E-state index contributed by atoms with van der Waals surface area (Å²) in [5, 5.41) is 3.26. The normalized spacial score (nSPS) is 15.5. The van der Waals surface area contributed by atoms with Crippen LogP contribution in [-0.4, -0.2) is 29.5 Å². The Morgan fingerprint density at radius 2 is 1.87 bits per heavy atom. The maximum Gasteiger partial charge on any atom is 0.317 e. The second-order valence-corrected chi connectivity index (χ2v) is 6.26. The summed E-state index contributed by atoms with van der Waals surface area (Å²) in [5.74, 6) is 0. The minimum absolute atomic E-state index is 0.00242. The number of nitrogens with zero attached hydrogens (tertiary/aromatic N) is 2. The van der Waals surface area contributed by atoms with Crippen LogP contribution in [0.3, 0.4) is 0 Å². The van der Waals surface area contributed by atoms with Crippen LogP contribution in [0.2, 0.25) is 0 Å². The molecule has 1 aliphatic rings. The molecule has 4 heteroatoms. The van der Waals surface area contributed by atoms with Crippen LogP contribution in [0.25, 0.3) is 0 Å². The number of aromatic nitrogens is 1. The molecule has 1 saturated carbocycles. The third-order valence-electron chi connectivity index (χ3n) is 4.71. The van der Waals surface area contributed by atoms with Crippen molar-refractivity contribution in [3.8, 4) is 0 Å². The molecule has 1 fully saturated rings. The van der Waals surface area contributed by atoms with Gasteiger partial charge in [-0.1, -0.05) is 30.3 Å². The average Bonchev–Trinajstić information content (AvgIpc) is 2.57. The van der Waals surface area contributed by atoms with Crippen molar-refractivity contribution in [1.82, 2.24) is 15.2 Å². The number of urea groups is 1. The predicted octanol–water partition coefficient (Wildman–Crippen LogP) is 3.34. The smallest absolute Gasteiger partial charge is 0.317 e. The molecule has 2 amide bonds. The summed E-state index contributed by atoms with van der Waals surface area (Å²) in [6.45, 7) is 0.695. The van der Waals surface area contributed by atoms with E-state index in [9.17, 15) is 4.79 Å². The first-order valence-electron chi connectivity index (χ1n) is 8.17. The van der Waals surface area contributed by atoms with Gasteiger partial charge in [-0.3, -0.25) is 4.98 Å². The first kappa shape index (κ1) is 15.5. The number of hydrogen-bond acceptors (Lipinski definition) is 2. The summed E-state index contributed by atoms with van der Waals surface area (Å²) in [7, 11) is 1.86. The van der Waals surface area contributed by atoms with E-state index in [1.165, 1.54) is 11.1 Å². The lowest BCUT2D eigenvalue weighted by molar-refractivity contribution is 0.156. The molecule has 4 nitrogen and oxygen atoms in total. The highest BCUT2D eigenvalue weighted by Crippen LogP contribution is 2.41. The van der Waals surface area contributed by atoms with Crippen molar-refractivity contribution in [3.05, 3.63) is 66.0 Å². The van der Waals surface area contributed by atoms with Crippen molar-refractivity contribution in [3.63, 3.8) is 0 Å². The van der Waals surface area contributed by atoms with Crippen LogP contribution in [-0.2, 0) is 12.0 Å². The van der Waals surface area contributed by atoms with Crippen molar-refractivity contribution in [2.24, 2.45) is 0 Å². The van der Waals surface area contributed by atoms with Crippen LogP contribution in [0.5, 0.6) is 0 Å². The summed E-state index contributed by atoms with van der Waals surface area (Å²) < 4.78 is 0. The maximum atomic E-state index is 12.5. The monoisotopic (exact) mass is 309 g/mol. The highest BCUT2D eigenvalue weighted by molar-refractivity contribution is 5.75. The Morgan fingerprint density at radius 3 is 2.48 bits per heavy atom. The van der Waals surface area contributed by atoms with Crippen molar-refractivity contribution >= 4 is 6.03 Å². The van der Waals surface area contributed by atoms with E-state index in [0.717, 1.165) is 25.7 Å². The van der Waals surface area contributed by atoms with Crippen molar-refractivity contribution in [1.29, 1.82) is 0 Å². The van der Waals surface area contributed by atoms with E-state index >= 15 is 0 Å². The predicted molar refractivity (Wildman–Crippen MR) is 91.1 cm³/mol. The maximum absolute atomic E-state index is 12.5. The zero-order valence-corrected chi connectivity index (χ0v) is 13.5. The molecule has 23 heavy (non-hydrogen) atoms. The molecule has 120 valence electrons. The molecule has 1 aliphatic carbocycles. The fourth-order valence-electron chi connectivity index (χ4n) is 3.02. The molecule has 0 aliphatic heterocycles. The number of nitrogens with one attached hydrogen (secondary N) is 1. The van der Waals surface area contributed by atoms with Gasteiger partial charge in [0.15, 0.2) is 0 Å². The summed E-state index contributed by atoms with van der Waals surface area (Å²) in [5.41, 5.74) is 2.23. The standard InChI is InChI=1S/C19H23N3O/c1-22(15-10-16-8-13-20-14-9-16)18(23)21-19(11-5-12-19)17-6-3-2-4-7-17/h2-4,6-9,13-14H,5,10-12,15H2,1H3,(H,21,23). The minimum Gasteiger partial charge on any atom is -0.328 e. The van der Waals surface area contributed by atoms with E-state index in [2.05, 4.69) is 22.4 Å². The van der Waals surface area contributed by atoms with Gasteiger partial charge >= 0.3 is 6.03 Å². The Kier molecular flexibility index (Phi) is 4.60. The van der Waals surface area contributed by atoms with E-state index in [-0.39, 0.29) is 11.6 Å². The van der Waals surface area contributed by atoms with Crippen LogP contribution in [0.1, 0.15) is 30.4 Å². The average molecular weight is 309 g/mol. The van der Waals surface area contributed by atoms with Crippen LogP contribution < -0.4 is 5.32 Å². The molecule has 0 radical (unpaired) electrons. The quantitative estimate of drug-likeness (QED) is 0.920. The molecule has 2 aromatic rings. The number of pyridine rings is 1. The van der Waals surface area contributed by atoms with Gasteiger partial charge in [0, 0.05) is 26.0 Å². The minimum atomic E-state index is -0.177. The molecule has 0 atom stereocenters. The Morgan fingerprint density at radius 1 is 1.17 bits per heavy atom. The highest BCUT2D eigenvalue weighted by Gasteiger charge is 2.40. The number of carbonyl (C=O) groups excluding carboxylic acids is 1. The number of amides is 2. The SMILES string of the molecule is CN(CCc1ccncc1)C(=O)NC1(c2ccccc2)CCC1. The van der Waals surface area contributed by atoms with Gasteiger partial charge in [-0.2, -0.15) is 0 Å². The molecule has 0 bridgehead atoms. The van der Waals surface area contributed by atoms with Gasteiger partial charge < -0.3 is 10.2 Å². The van der Waals surface area contributed by atoms with Crippen LogP contribution in [0.15, 0.2) is 54.9 Å². The Hall–Kier alpha value is -2.36. The van der Waals surface area contributed by atoms with Crippen molar-refractivity contribution < 1.29 is 4.79 Å². The number of rotatable bonds is 5. The molecule has 0 spiro atoms. The molecular weight excluding hydrogens is 286 g/mol. The molecule has 1 N–H and O–H groups in total. The lowest BCUT2D eigenvalue weighted by atomic mass is 9.72. The van der Waals surface area contributed by atoms with Gasteiger partial charge in [0.2, 0.25) is 0 Å². The first-order chi connectivity index (χ1) is 11.2. The molecule has 1 aromatic heterocycles. The van der Waals surface area contributed by atoms with E-state index in [1.807, 2.05) is 37.4 Å². The van der Waals surface area contributed by atoms with Gasteiger partial charge in [-0.05, 0) is 48.9 Å². The fourth-order valence-corrected chi connectivity index (χ4v) is 3.02. The summed E-state index contributed by atoms with van der Waals surface area (Å²) in [6.07, 6.45) is 7.60. The lowest BCUT2D eigenvalue weighted by Gasteiger charge is -2.43. The summed E-state index contributed by atoms with van der Waals surface area (Å²) in [6, 6.07) is 14.3. The zero-order valence-electron chi connectivity index (χ0n) is 13.5. The third-order valence-corrected chi connectivity index (χ3v) is 4.71. The van der Waals surface area contributed by atoms with E-state index in [4.69, 9.17) is 0 Å². The van der Waals surface area contributed by atoms with Gasteiger partial charge in [-0.15, -0.1) is 0 Å². The van der Waals surface area contributed by atoms with E-state index in [1.54, 1.807) is 17.3 Å². The molecule has 1 aromatic carbocycles. The second kappa shape index (κ2) is 6.82. The zero-order chi connectivity index (χ0) is 16.1. The number of benzene rings is 1. The molecule has 3 rings (SSSR count). The highest BCUT2D eigenvalue weighted by atomic mass is 16.2. The summed E-state index contributed by atoms with van der Waals surface area (Å²) >= 11 is 0. The lowest BCUT2D eigenvalue weighted by Crippen LogP contribution is -2.54. The molecule has 0 saturated heterocycles. The fraction of sp³-hybridized carbons (Fsp3) is 0.368. The van der Waals surface area contributed by atoms with Crippen LogP contribution in [0, 0.1) is 0 Å². The van der Waals surface area contributed by atoms with Crippen molar-refractivity contribution in [2.75, 3.05) is 13.6 Å². The Bertz CT molecular complexity index is 638. The van der Waals surface area contributed by atoms with Gasteiger partial charge in [0.1, 0.15) is 0 Å². The second-order valence-electron chi connectivity index (χ2n) is 6.26. The summed E-state index contributed by atoms with van der Waals surface area (Å²) in [4.78, 5) is 18.3. The number of hydrogen-bond donors (Lipinski definition) is 1. The van der Waals surface area contributed by atoms with Crippen molar-refractivity contribution in [2.45, 2.75) is 31.2 Å². The van der Waals surface area contributed by atoms with Gasteiger partial charge in [-0.25, -0.2) is 4.79 Å². The van der Waals surface area contributed by atoms with Crippen LogP contribution >= 0.6 is 0 Å². The Labute approximate surface area is 137 Å². The molecule has 0 unspecified atom stereocenters. The Balaban J connectivity index is 1.59. The van der Waals surface area contributed by atoms with E-state index in [0.29, 0.717) is 6.54 Å². The topological polar surface area (TPSA) is 45.2 Å². The molecular formula is C19H23N3O. The van der Waals surface area contributed by atoms with E-state index < -0.39 is 0 Å². The van der Waals surface area contributed by atoms with Gasteiger partial charge in [0.25, 0.3) is 0 Å². The first-order valence-corrected chi connectivity index (χ1v) is 8.17. The molecule has 1 heterocycles.